The van der Waals surface area contributed by atoms with E-state index in [0.29, 0.717) is 13.0 Å². The van der Waals surface area contributed by atoms with Crippen LogP contribution in [0.25, 0.3) is 0 Å². The van der Waals surface area contributed by atoms with Crippen LogP contribution in [0.15, 0.2) is 9.63 Å². The molecule has 1 heterocycles. The summed E-state index contributed by atoms with van der Waals surface area (Å²) in [6, 6.07) is -0.271. The molecule has 1 rings (SSSR count). The average molecular weight is 327 g/mol. The normalized spacial score (nSPS) is 13.9. The van der Waals surface area contributed by atoms with Gasteiger partial charge in [0.05, 0.1) is 6.61 Å². The Balaban J connectivity index is 2.96. The van der Waals surface area contributed by atoms with E-state index < -0.39 is 10.0 Å². The molecule has 17 heavy (non-hydrogen) atoms. The van der Waals surface area contributed by atoms with Crippen molar-refractivity contribution in [2.45, 2.75) is 24.4 Å². The second kappa shape index (κ2) is 5.89. The molecule has 0 bridgehead atoms. The molecule has 1 aromatic rings. The number of ether oxygens (including phenoxy) is 1. The van der Waals surface area contributed by atoms with Gasteiger partial charge in [-0.25, -0.2) is 17.8 Å². The molecule has 0 spiro atoms. The second-order valence-electron chi connectivity index (χ2n) is 3.49. The zero-order valence-electron chi connectivity index (χ0n) is 9.84. The van der Waals surface area contributed by atoms with Crippen molar-refractivity contribution in [1.29, 1.82) is 0 Å². The summed E-state index contributed by atoms with van der Waals surface area (Å²) in [4.78, 5) is 0. The van der Waals surface area contributed by atoms with E-state index in [1.165, 1.54) is 18.8 Å². The highest BCUT2D eigenvalue weighted by Gasteiger charge is 2.26. The molecule has 0 aliphatic carbocycles. The van der Waals surface area contributed by atoms with E-state index in [4.69, 9.17) is 4.74 Å². The van der Waals surface area contributed by atoms with Gasteiger partial charge in [-0.1, -0.05) is 12.1 Å². The Morgan fingerprint density at radius 1 is 1.59 bits per heavy atom. The van der Waals surface area contributed by atoms with Crippen LogP contribution in [0, 0.1) is 0 Å². The Morgan fingerprint density at radius 3 is 2.65 bits per heavy atom. The van der Waals surface area contributed by atoms with Crippen LogP contribution in [0.2, 0.25) is 0 Å². The van der Waals surface area contributed by atoms with Gasteiger partial charge in [-0.05, 0) is 22.4 Å². The van der Waals surface area contributed by atoms with Crippen LogP contribution in [0.3, 0.4) is 0 Å². The van der Waals surface area contributed by atoms with Crippen molar-refractivity contribution in [3.05, 3.63) is 4.60 Å². The lowest BCUT2D eigenvalue weighted by atomic mass is 10.3. The number of hydrogen-bond acceptors (Lipinski definition) is 5. The number of methoxy groups -OCH3 is 1. The van der Waals surface area contributed by atoms with Gasteiger partial charge in [0.15, 0.2) is 4.60 Å². The minimum Gasteiger partial charge on any atom is -0.383 e. The van der Waals surface area contributed by atoms with Crippen molar-refractivity contribution in [2.24, 2.45) is 7.05 Å². The summed E-state index contributed by atoms with van der Waals surface area (Å²) in [6.07, 6.45) is 0.635. The maximum atomic E-state index is 12.1. The molecule has 1 atom stereocenters. The highest BCUT2D eigenvalue weighted by Crippen LogP contribution is 2.18. The van der Waals surface area contributed by atoms with Gasteiger partial charge in [0.25, 0.3) is 10.0 Å². The predicted octanol–water partition coefficient (Wildman–Crippen LogP) is 0.281. The SMILES string of the molecule is CCC(COC)NS(=O)(=O)c1c(Br)nnn1C. The summed E-state index contributed by atoms with van der Waals surface area (Å²) in [5.41, 5.74) is 0. The largest absolute Gasteiger partial charge is 0.383 e. The van der Waals surface area contributed by atoms with Crippen molar-refractivity contribution >= 4 is 26.0 Å². The fraction of sp³-hybridized carbons (Fsp3) is 0.750. The Bertz CT molecular complexity index is 454. The minimum absolute atomic E-state index is 0.00653. The Labute approximate surface area is 109 Å². The molecular weight excluding hydrogens is 312 g/mol. The Morgan fingerprint density at radius 2 is 2.24 bits per heavy atom. The molecule has 0 fully saturated rings. The Hall–Kier alpha value is -0.510. The number of aromatic nitrogens is 3. The van der Waals surface area contributed by atoms with Crippen LogP contribution in [0.1, 0.15) is 13.3 Å². The molecule has 98 valence electrons. The van der Waals surface area contributed by atoms with Gasteiger partial charge in [0.2, 0.25) is 5.03 Å². The summed E-state index contributed by atoms with van der Waals surface area (Å²) in [6.45, 7) is 2.20. The molecule has 0 aromatic carbocycles. The van der Waals surface area contributed by atoms with Gasteiger partial charge >= 0.3 is 0 Å². The smallest absolute Gasteiger partial charge is 0.260 e. The van der Waals surface area contributed by atoms with E-state index in [2.05, 4.69) is 31.0 Å². The minimum atomic E-state index is -3.65. The number of nitrogens with one attached hydrogen (secondary N) is 1. The topological polar surface area (TPSA) is 86.1 Å². The molecule has 7 nitrogen and oxygen atoms in total. The lowest BCUT2D eigenvalue weighted by molar-refractivity contribution is 0.173. The number of sulfonamides is 1. The van der Waals surface area contributed by atoms with Gasteiger partial charge in [-0.3, -0.25) is 0 Å². The van der Waals surface area contributed by atoms with E-state index in [9.17, 15) is 8.42 Å². The average Bonchev–Trinajstić information content (AvgIpc) is 2.58. The fourth-order valence-corrected chi connectivity index (χ4v) is 3.72. The van der Waals surface area contributed by atoms with Gasteiger partial charge in [0, 0.05) is 20.2 Å². The first kappa shape index (κ1) is 14.6. The highest BCUT2D eigenvalue weighted by atomic mass is 79.9. The molecule has 1 unspecified atom stereocenters. The van der Waals surface area contributed by atoms with Crippen LogP contribution in [0.4, 0.5) is 0 Å². The quantitative estimate of drug-likeness (QED) is 0.811. The summed E-state index contributed by atoms with van der Waals surface area (Å²) < 4.78 is 33.0. The summed E-state index contributed by atoms with van der Waals surface area (Å²) >= 11 is 3.06. The van der Waals surface area contributed by atoms with E-state index in [-0.39, 0.29) is 15.7 Å². The monoisotopic (exact) mass is 326 g/mol. The van der Waals surface area contributed by atoms with E-state index in [1.807, 2.05) is 6.92 Å². The van der Waals surface area contributed by atoms with Crippen LogP contribution < -0.4 is 4.72 Å². The third-order valence-corrected chi connectivity index (χ3v) is 4.58. The predicted molar refractivity (Wildman–Crippen MR) is 65.0 cm³/mol. The van der Waals surface area contributed by atoms with Crippen molar-refractivity contribution in [1.82, 2.24) is 19.7 Å². The standard InChI is InChI=1S/C8H15BrN4O3S/c1-4-6(5-16-3)11-17(14,15)8-7(9)10-12-13(8)2/h6,11H,4-5H2,1-3H3. The van der Waals surface area contributed by atoms with Gasteiger partial charge in [-0.15, -0.1) is 5.10 Å². The van der Waals surface area contributed by atoms with Crippen molar-refractivity contribution in [3.63, 3.8) is 0 Å². The van der Waals surface area contributed by atoms with E-state index >= 15 is 0 Å². The molecule has 0 aliphatic rings. The maximum absolute atomic E-state index is 12.1. The third kappa shape index (κ3) is 3.47. The molecule has 9 heteroatoms. The van der Waals surface area contributed by atoms with Crippen LogP contribution in [0.5, 0.6) is 0 Å². The number of aryl methyl sites for hydroxylation is 1. The third-order valence-electron chi connectivity index (χ3n) is 2.17. The van der Waals surface area contributed by atoms with E-state index in [1.54, 1.807) is 0 Å². The molecule has 1 N–H and O–H groups in total. The zero-order chi connectivity index (χ0) is 13.1. The fourth-order valence-electron chi connectivity index (χ4n) is 1.32. The molecule has 0 amide bonds. The first-order valence-corrected chi connectivity index (χ1v) is 7.26. The van der Waals surface area contributed by atoms with Crippen LogP contribution in [-0.4, -0.2) is 43.2 Å². The number of halogens is 1. The van der Waals surface area contributed by atoms with Crippen molar-refractivity contribution in [2.75, 3.05) is 13.7 Å². The summed E-state index contributed by atoms with van der Waals surface area (Å²) in [5, 5.41) is 7.28. The molecule has 0 aliphatic heterocycles. The molecule has 1 aromatic heterocycles. The molecule has 0 saturated heterocycles. The number of rotatable bonds is 6. The van der Waals surface area contributed by atoms with Crippen LogP contribution >= 0.6 is 15.9 Å². The van der Waals surface area contributed by atoms with Gasteiger partial charge in [-0.2, -0.15) is 0 Å². The van der Waals surface area contributed by atoms with Gasteiger partial charge in [0.1, 0.15) is 0 Å². The molecule has 0 radical (unpaired) electrons. The highest BCUT2D eigenvalue weighted by molar-refractivity contribution is 9.10. The molecular formula is C8H15BrN4O3S. The first-order chi connectivity index (χ1) is 7.92. The summed E-state index contributed by atoms with van der Waals surface area (Å²) in [5.74, 6) is 0. The maximum Gasteiger partial charge on any atom is 0.260 e. The first-order valence-electron chi connectivity index (χ1n) is 4.98. The lowest BCUT2D eigenvalue weighted by Crippen LogP contribution is -2.38. The number of hydrogen-bond donors (Lipinski definition) is 1. The second-order valence-corrected chi connectivity index (χ2v) is 5.87. The molecule has 0 saturated carbocycles. The lowest BCUT2D eigenvalue weighted by Gasteiger charge is -2.15. The zero-order valence-corrected chi connectivity index (χ0v) is 12.2. The number of nitrogens with zero attached hydrogens (tertiary/aromatic N) is 3. The Kier molecular flexibility index (Phi) is 5.04. The van der Waals surface area contributed by atoms with Crippen molar-refractivity contribution in [3.8, 4) is 0 Å². The van der Waals surface area contributed by atoms with E-state index in [0.717, 1.165) is 0 Å². The van der Waals surface area contributed by atoms with Crippen molar-refractivity contribution < 1.29 is 13.2 Å². The summed E-state index contributed by atoms with van der Waals surface area (Å²) in [7, 11) is -0.607. The van der Waals surface area contributed by atoms with Gasteiger partial charge < -0.3 is 4.74 Å². The van der Waals surface area contributed by atoms with Crippen LogP contribution in [-0.2, 0) is 21.8 Å².